The van der Waals surface area contributed by atoms with Crippen molar-refractivity contribution in [1.82, 2.24) is 0 Å². The summed E-state index contributed by atoms with van der Waals surface area (Å²) in [6.45, 7) is 9.38. The van der Waals surface area contributed by atoms with Crippen LogP contribution in [0.15, 0.2) is 30.3 Å². The van der Waals surface area contributed by atoms with E-state index in [0.717, 1.165) is 13.8 Å². The molecule has 3 rings (SSSR count). The zero-order chi connectivity index (χ0) is 29.2. The smallest absolute Gasteiger partial charge is 0.308 e. The molecule has 0 aromatic heterocycles. The molecule has 0 aliphatic heterocycles. The van der Waals surface area contributed by atoms with E-state index in [9.17, 15) is 28.8 Å². The first-order valence-electron chi connectivity index (χ1n) is 11.9. The number of esters is 5. The van der Waals surface area contributed by atoms with Gasteiger partial charge in [-0.1, -0.05) is 19.9 Å². The van der Waals surface area contributed by atoms with Crippen LogP contribution < -0.4 is 18.9 Å². The molecule has 0 radical (unpaired) electrons. The summed E-state index contributed by atoms with van der Waals surface area (Å²) in [5.74, 6) is -5.19. The van der Waals surface area contributed by atoms with Gasteiger partial charge >= 0.3 is 29.8 Å². The molecule has 0 unspecified atom stereocenters. The van der Waals surface area contributed by atoms with Crippen LogP contribution in [0.3, 0.4) is 0 Å². The Kier molecular flexibility index (Phi) is 8.23. The molecule has 11 nitrogen and oxygen atoms in total. The quantitative estimate of drug-likeness (QED) is 0.391. The van der Waals surface area contributed by atoms with E-state index in [0.29, 0.717) is 11.1 Å². The van der Waals surface area contributed by atoms with Crippen LogP contribution in [-0.4, -0.2) is 41.7 Å². The number of carbonyl (C=O) groups excluding carboxylic acids is 6. The van der Waals surface area contributed by atoms with Crippen LogP contribution >= 0.6 is 0 Å². The first kappa shape index (κ1) is 29.0. The van der Waals surface area contributed by atoms with Crippen molar-refractivity contribution in [3.63, 3.8) is 0 Å². The zero-order valence-electron chi connectivity index (χ0n) is 22.5. The maximum Gasteiger partial charge on any atom is 0.308 e. The van der Waals surface area contributed by atoms with Crippen molar-refractivity contribution < 1.29 is 52.5 Å². The second kappa shape index (κ2) is 11.1. The van der Waals surface area contributed by atoms with Gasteiger partial charge in [0.1, 0.15) is 11.5 Å². The topological polar surface area (TPSA) is 149 Å². The van der Waals surface area contributed by atoms with Crippen molar-refractivity contribution in [3.05, 3.63) is 47.0 Å². The Hall–Kier alpha value is -4.54. The minimum Gasteiger partial charge on any atom is -0.453 e. The molecule has 0 fully saturated rings. The zero-order valence-corrected chi connectivity index (χ0v) is 22.5. The van der Waals surface area contributed by atoms with E-state index in [2.05, 4.69) is 0 Å². The number of rotatable bonds is 6. The molecular formula is C28H28O11. The van der Waals surface area contributed by atoms with Gasteiger partial charge in [0.2, 0.25) is 5.78 Å². The number of benzene rings is 2. The molecule has 11 heteroatoms. The predicted octanol–water partition coefficient (Wildman–Crippen LogP) is 3.58. The van der Waals surface area contributed by atoms with Crippen LogP contribution in [0, 0.1) is 0 Å². The van der Waals surface area contributed by atoms with Gasteiger partial charge in [-0.15, -0.1) is 0 Å². The van der Waals surface area contributed by atoms with Crippen molar-refractivity contribution in [1.29, 1.82) is 0 Å². The summed E-state index contributed by atoms with van der Waals surface area (Å²) in [5.41, 5.74) is -0.283. The van der Waals surface area contributed by atoms with Crippen LogP contribution in [0.5, 0.6) is 23.0 Å². The molecule has 0 bridgehead atoms. The minimum atomic E-state index is -1.39. The Bertz CT molecular complexity index is 1390. The number of fused-ring (bicyclic) bond motifs is 1. The van der Waals surface area contributed by atoms with Gasteiger partial charge in [-0.05, 0) is 29.3 Å². The average Bonchev–Trinajstić information content (AvgIpc) is 2.77. The lowest BCUT2D eigenvalue weighted by molar-refractivity contribution is -0.146. The van der Waals surface area contributed by atoms with Gasteiger partial charge < -0.3 is 23.7 Å². The van der Waals surface area contributed by atoms with E-state index >= 15 is 0 Å². The predicted molar refractivity (Wildman–Crippen MR) is 134 cm³/mol. The molecule has 0 heterocycles. The fourth-order valence-electron chi connectivity index (χ4n) is 4.74. The molecule has 2 aromatic carbocycles. The lowest BCUT2D eigenvalue weighted by Gasteiger charge is -2.44. The van der Waals surface area contributed by atoms with Gasteiger partial charge in [0.05, 0.1) is 5.56 Å². The highest BCUT2D eigenvalue weighted by molar-refractivity contribution is 6.07. The fraction of sp³-hybridized carbons (Fsp3) is 0.357. The molecule has 0 saturated carbocycles. The fourth-order valence-corrected chi connectivity index (χ4v) is 4.74. The molecule has 2 atom stereocenters. The number of hydrogen-bond donors (Lipinski definition) is 0. The van der Waals surface area contributed by atoms with Crippen LogP contribution in [0.25, 0.3) is 0 Å². The monoisotopic (exact) mass is 540 g/mol. The Morgan fingerprint density at radius 1 is 0.667 bits per heavy atom. The first-order valence-corrected chi connectivity index (χ1v) is 11.9. The van der Waals surface area contributed by atoms with Gasteiger partial charge in [-0.3, -0.25) is 28.8 Å². The van der Waals surface area contributed by atoms with Crippen LogP contribution in [0.2, 0.25) is 0 Å². The summed E-state index contributed by atoms with van der Waals surface area (Å²) in [5, 5.41) is 0. The van der Waals surface area contributed by atoms with Crippen molar-refractivity contribution in [2.45, 2.75) is 65.9 Å². The van der Waals surface area contributed by atoms with E-state index < -0.39 is 53.1 Å². The minimum absolute atomic E-state index is 0.00894. The first-order chi connectivity index (χ1) is 18.1. The maximum absolute atomic E-state index is 13.9. The normalized spacial score (nSPS) is 17.4. The second-order valence-corrected chi connectivity index (χ2v) is 9.52. The van der Waals surface area contributed by atoms with E-state index in [1.807, 2.05) is 0 Å². The standard InChI is InChI=1S/C28H28O11/c1-13(29)35-19-11-20-24(23(12-19)38-16(4)32)26(34)27(39-17(5)33)25(28(20,6)7)18-8-9-21(36-14(2)30)22(10-18)37-15(3)31/h8-12,25,27H,1-7H3/t25-,27-/m0/s1. The molecule has 2 aromatic rings. The highest BCUT2D eigenvalue weighted by Crippen LogP contribution is 2.52. The Morgan fingerprint density at radius 2 is 1.21 bits per heavy atom. The van der Waals surface area contributed by atoms with Gasteiger partial charge in [-0.25, -0.2) is 0 Å². The molecule has 0 saturated heterocycles. The summed E-state index contributed by atoms with van der Waals surface area (Å²) in [4.78, 5) is 73.0. The highest BCUT2D eigenvalue weighted by Gasteiger charge is 2.51. The van der Waals surface area contributed by atoms with Crippen molar-refractivity contribution in [2.75, 3.05) is 0 Å². The summed E-state index contributed by atoms with van der Waals surface area (Å²) in [7, 11) is 0. The van der Waals surface area contributed by atoms with E-state index in [4.69, 9.17) is 23.7 Å². The Balaban J connectivity index is 2.32. The molecular weight excluding hydrogens is 512 g/mol. The molecule has 0 N–H and O–H groups in total. The van der Waals surface area contributed by atoms with Gasteiger partial charge in [0.25, 0.3) is 0 Å². The van der Waals surface area contributed by atoms with E-state index in [1.54, 1.807) is 19.9 Å². The third-order valence-electron chi connectivity index (χ3n) is 6.00. The maximum atomic E-state index is 13.9. The third kappa shape index (κ3) is 6.31. The third-order valence-corrected chi connectivity index (χ3v) is 6.00. The van der Waals surface area contributed by atoms with Gasteiger partial charge in [0.15, 0.2) is 17.6 Å². The van der Waals surface area contributed by atoms with Gasteiger partial charge in [-0.2, -0.15) is 0 Å². The summed E-state index contributed by atoms with van der Waals surface area (Å²) in [6.07, 6.45) is -1.39. The number of Topliss-reactive ketones (excluding diaryl/α,β-unsaturated/α-hetero) is 1. The van der Waals surface area contributed by atoms with Crippen molar-refractivity contribution in [2.24, 2.45) is 0 Å². The molecule has 1 aliphatic carbocycles. The number of ketones is 1. The molecule has 39 heavy (non-hydrogen) atoms. The summed E-state index contributed by atoms with van der Waals surface area (Å²) >= 11 is 0. The summed E-state index contributed by atoms with van der Waals surface area (Å²) in [6, 6.07) is 7.10. The van der Waals surface area contributed by atoms with Crippen molar-refractivity contribution in [3.8, 4) is 23.0 Å². The second-order valence-electron chi connectivity index (χ2n) is 9.52. The van der Waals surface area contributed by atoms with Crippen molar-refractivity contribution >= 4 is 35.6 Å². The number of hydrogen-bond acceptors (Lipinski definition) is 11. The Labute approximate surface area is 224 Å². The SMILES string of the molecule is CC(=O)Oc1cc(OC(C)=O)c2c(c1)C(C)(C)[C@@H](c1ccc(OC(C)=O)c(OC(C)=O)c1)[C@H](OC(C)=O)C2=O. The molecule has 0 spiro atoms. The lowest BCUT2D eigenvalue weighted by Crippen LogP contribution is -2.47. The largest absolute Gasteiger partial charge is 0.453 e. The van der Waals surface area contributed by atoms with E-state index in [-0.39, 0.29) is 28.6 Å². The highest BCUT2D eigenvalue weighted by atomic mass is 16.6. The van der Waals surface area contributed by atoms with Crippen LogP contribution in [-0.2, 0) is 34.1 Å². The number of ether oxygens (including phenoxy) is 5. The molecule has 1 aliphatic rings. The van der Waals surface area contributed by atoms with Gasteiger partial charge in [0, 0.05) is 52.0 Å². The molecule has 206 valence electrons. The number of carbonyl (C=O) groups is 6. The lowest BCUT2D eigenvalue weighted by atomic mass is 9.61. The molecule has 0 amide bonds. The summed E-state index contributed by atoms with van der Waals surface area (Å²) < 4.78 is 26.5. The Morgan fingerprint density at radius 3 is 1.74 bits per heavy atom. The van der Waals surface area contributed by atoms with Crippen LogP contribution in [0.1, 0.15) is 75.9 Å². The van der Waals surface area contributed by atoms with Crippen LogP contribution in [0.4, 0.5) is 0 Å². The van der Waals surface area contributed by atoms with E-state index in [1.165, 1.54) is 45.0 Å². The average molecular weight is 541 g/mol.